The van der Waals surface area contributed by atoms with Crippen molar-refractivity contribution in [2.75, 3.05) is 19.1 Å². The number of aryl methyl sites for hydroxylation is 2. The van der Waals surface area contributed by atoms with E-state index in [9.17, 15) is 13.6 Å². The van der Waals surface area contributed by atoms with Gasteiger partial charge >= 0.3 is 12.6 Å². The normalized spacial score (nSPS) is 16.2. The summed E-state index contributed by atoms with van der Waals surface area (Å²) in [5.74, 6) is -0.541. The molecule has 0 bridgehead atoms. The molecule has 0 fully saturated rings. The highest BCUT2D eigenvalue weighted by Crippen LogP contribution is 2.38. The molecule has 1 unspecified atom stereocenters. The Hall–Kier alpha value is -3.20. The summed E-state index contributed by atoms with van der Waals surface area (Å²) >= 11 is 5.66. The Morgan fingerprint density at radius 3 is 2.44 bits per heavy atom. The molecular weight excluding hydrogens is 438 g/mol. The molecule has 3 rings (SSSR count). The number of halogens is 2. The van der Waals surface area contributed by atoms with Crippen LogP contribution in [0.1, 0.15) is 29.7 Å². The van der Waals surface area contributed by atoms with Gasteiger partial charge in [0.15, 0.2) is 16.6 Å². The lowest BCUT2D eigenvalue weighted by Gasteiger charge is -2.38. The molecule has 2 aromatic carbocycles. The fraction of sp³-hybridized carbons (Fsp3) is 0.304. The molecule has 0 aromatic heterocycles. The van der Waals surface area contributed by atoms with Gasteiger partial charge in [0.05, 0.1) is 31.5 Å². The lowest BCUT2D eigenvalue weighted by molar-refractivity contribution is -0.136. The molecule has 1 heterocycles. The summed E-state index contributed by atoms with van der Waals surface area (Å²) in [6.07, 6.45) is 0. The van der Waals surface area contributed by atoms with E-state index in [0.717, 1.165) is 16.8 Å². The maximum absolute atomic E-state index is 12.8. The van der Waals surface area contributed by atoms with Crippen molar-refractivity contribution in [3.63, 3.8) is 0 Å². The number of hydrogen-bond acceptors (Lipinski definition) is 5. The molecule has 2 aromatic rings. The zero-order valence-electron chi connectivity index (χ0n) is 18.4. The smallest absolute Gasteiger partial charge is 0.387 e. The number of ether oxygens (including phenoxy) is 3. The Balaban J connectivity index is 2.14. The van der Waals surface area contributed by atoms with Crippen LogP contribution < -0.4 is 19.7 Å². The third kappa shape index (κ3) is 4.52. The molecule has 0 radical (unpaired) electrons. The van der Waals surface area contributed by atoms with E-state index >= 15 is 0 Å². The first-order valence-electron chi connectivity index (χ1n) is 9.77. The first kappa shape index (κ1) is 23.5. The molecule has 1 aliphatic rings. The van der Waals surface area contributed by atoms with Gasteiger partial charge in [0.1, 0.15) is 0 Å². The topological polar surface area (TPSA) is 60.0 Å². The molecule has 1 N–H and O–H groups in total. The standard InChI is InChI=1S/C23H24F2N2O4S/c1-12-6-7-13(2)16(10-12)27-14(3)19(21(28)30-5)20(26-23(27)32)15-8-9-17(31-22(24)25)18(11-15)29-4/h6-11,20,22H,1-5H3,(H,26,32). The Bertz CT molecular complexity index is 1090. The maximum atomic E-state index is 12.8. The molecule has 170 valence electrons. The Kier molecular flexibility index (Phi) is 6.98. The quantitative estimate of drug-likeness (QED) is 0.489. The van der Waals surface area contributed by atoms with Crippen molar-refractivity contribution < 1.29 is 27.8 Å². The van der Waals surface area contributed by atoms with Crippen molar-refractivity contribution in [1.82, 2.24) is 5.32 Å². The fourth-order valence-electron chi connectivity index (χ4n) is 3.67. The number of rotatable bonds is 6. The van der Waals surface area contributed by atoms with Crippen LogP contribution in [0, 0.1) is 13.8 Å². The average Bonchev–Trinajstić information content (AvgIpc) is 2.75. The van der Waals surface area contributed by atoms with Crippen LogP contribution in [0.4, 0.5) is 14.5 Å². The lowest BCUT2D eigenvalue weighted by atomic mass is 9.94. The van der Waals surface area contributed by atoms with E-state index in [1.807, 2.05) is 32.0 Å². The molecule has 0 amide bonds. The largest absolute Gasteiger partial charge is 0.493 e. The molecule has 0 spiro atoms. The second-order valence-electron chi connectivity index (χ2n) is 7.29. The van der Waals surface area contributed by atoms with Crippen LogP contribution in [0.25, 0.3) is 0 Å². The minimum Gasteiger partial charge on any atom is -0.493 e. The first-order chi connectivity index (χ1) is 15.2. The van der Waals surface area contributed by atoms with Crippen molar-refractivity contribution in [3.05, 3.63) is 64.4 Å². The van der Waals surface area contributed by atoms with E-state index < -0.39 is 18.6 Å². The van der Waals surface area contributed by atoms with Crippen LogP contribution in [0.5, 0.6) is 11.5 Å². The van der Waals surface area contributed by atoms with Crippen molar-refractivity contribution in [3.8, 4) is 11.5 Å². The van der Waals surface area contributed by atoms with E-state index in [1.54, 1.807) is 17.9 Å². The predicted octanol–water partition coefficient (Wildman–Crippen LogP) is 4.80. The number of esters is 1. The Morgan fingerprint density at radius 1 is 1.09 bits per heavy atom. The van der Waals surface area contributed by atoms with Crippen LogP contribution in [0.3, 0.4) is 0 Å². The van der Waals surface area contributed by atoms with Gasteiger partial charge in [-0.05, 0) is 67.9 Å². The molecule has 0 aliphatic carbocycles. The summed E-state index contributed by atoms with van der Waals surface area (Å²) < 4.78 is 40.2. The van der Waals surface area contributed by atoms with Crippen LogP contribution in [0.2, 0.25) is 0 Å². The highest BCUT2D eigenvalue weighted by atomic mass is 32.1. The van der Waals surface area contributed by atoms with Gasteiger partial charge in [-0.3, -0.25) is 4.90 Å². The number of benzene rings is 2. The number of anilines is 1. The Labute approximate surface area is 190 Å². The van der Waals surface area contributed by atoms with Crippen LogP contribution >= 0.6 is 12.2 Å². The SMILES string of the molecule is COC(=O)C1=C(C)N(c2cc(C)ccc2C)C(=S)NC1c1ccc(OC(F)F)c(OC)c1. The molecule has 0 saturated heterocycles. The minimum absolute atomic E-state index is 0.106. The fourth-order valence-corrected chi connectivity index (χ4v) is 4.03. The van der Waals surface area contributed by atoms with Crippen LogP contribution in [-0.2, 0) is 9.53 Å². The number of methoxy groups -OCH3 is 2. The number of hydrogen-bond donors (Lipinski definition) is 1. The first-order valence-corrected chi connectivity index (χ1v) is 10.2. The summed E-state index contributed by atoms with van der Waals surface area (Å²) in [5.41, 5.74) is 4.39. The molecule has 1 atom stereocenters. The van der Waals surface area contributed by atoms with Crippen molar-refractivity contribution in [2.24, 2.45) is 0 Å². The second-order valence-corrected chi connectivity index (χ2v) is 7.67. The van der Waals surface area contributed by atoms with Crippen molar-refractivity contribution >= 4 is 29.0 Å². The summed E-state index contributed by atoms with van der Waals surface area (Å²) in [7, 11) is 2.65. The van der Waals surface area contributed by atoms with Gasteiger partial charge in [0.25, 0.3) is 0 Å². The van der Waals surface area contributed by atoms with E-state index in [-0.39, 0.29) is 11.5 Å². The van der Waals surface area contributed by atoms with E-state index in [2.05, 4.69) is 10.1 Å². The van der Waals surface area contributed by atoms with Crippen LogP contribution in [0.15, 0.2) is 47.7 Å². The van der Waals surface area contributed by atoms with E-state index in [1.165, 1.54) is 26.4 Å². The van der Waals surface area contributed by atoms with Crippen molar-refractivity contribution in [2.45, 2.75) is 33.4 Å². The van der Waals surface area contributed by atoms with Gasteiger partial charge in [0, 0.05) is 5.70 Å². The van der Waals surface area contributed by atoms with Gasteiger partial charge in [-0.15, -0.1) is 0 Å². The second kappa shape index (κ2) is 9.52. The number of alkyl halides is 2. The summed E-state index contributed by atoms with van der Waals surface area (Å²) in [4.78, 5) is 14.6. The van der Waals surface area contributed by atoms with Gasteiger partial charge < -0.3 is 19.5 Å². The third-order valence-corrected chi connectivity index (χ3v) is 5.53. The number of nitrogens with zero attached hydrogens (tertiary/aromatic N) is 1. The number of allylic oxidation sites excluding steroid dienone is 1. The monoisotopic (exact) mass is 462 g/mol. The number of carbonyl (C=O) groups excluding carboxylic acids is 1. The maximum Gasteiger partial charge on any atom is 0.387 e. The van der Waals surface area contributed by atoms with Gasteiger partial charge in [-0.2, -0.15) is 8.78 Å². The summed E-state index contributed by atoms with van der Waals surface area (Å²) in [6, 6.07) is 9.76. The highest BCUT2D eigenvalue weighted by molar-refractivity contribution is 7.80. The van der Waals surface area contributed by atoms with E-state index in [0.29, 0.717) is 21.9 Å². The zero-order chi connectivity index (χ0) is 23.6. The Morgan fingerprint density at radius 2 is 1.81 bits per heavy atom. The molecular formula is C23H24F2N2O4S. The van der Waals surface area contributed by atoms with Gasteiger partial charge in [-0.25, -0.2) is 4.79 Å². The number of carbonyl (C=O) groups is 1. The summed E-state index contributed by atoms with van der Waals surface area (Å²) in [6.45, 7) is 2.73. The number of thiocarbonyl (C=S) groups is 1. The zero-order valence-corrected chi connectivity index (χ0v) is 19.2. The van der Waals surface area contributed by atoms with E-state index in [4.69, 9.17) is 21.7 Å². The van der Waals surface area contributed by atoms with Gasteiger partial charge in [-0.1, -0.05) is 18.2 Å². The molecule has 32 heavy (non-hydrogen) atoms. The van der Waals surface area contributed by atoms with Gasteiger partial charge in [0.2, 0.25) is 0 Å². The lowest BCUT2D eigenvalue weighted by Crippen LogP contribution is -2.48. The minimum atomic E-state index is -2.99. The molecule has 0 saturated carbocycles. The molecule has 9 heteroatoms. The average molecular weight is 463 g/mol. The number of nitrogens with one attached hydrogen (secondary N) is 1. The van der Waals surface area contributed by atoms with Crippen molar-refractivity contribution in [1.29, 1.82) is 0 Å². The van der Waals surface area contributed by atoms with Crippen LogP contribution in [-0.4, -0.2) is 31.9 Å². The highest BCUT2D eigenvalue weighted by Gasteiger charge is 2.36. The third-order valence-electron chi connectivity index (χ3n) is 5.23. The molecule has 6 nitrogen and oxygen atoms in total. The summed E-state index contributed by atoms with van der Waals surface area (Å²) in [5, 5.41) is 3.58. The molecule has 1 aliphatic heterocycles. The predicted molar refractivity (Wildman–Crippen MR) is 121 cm³/mol.